The molecule has 1 atom stereocenters. The van der Waals surface area contributed by atoms with E-state index in [9.17, 15) is 19.2 Å². The number of imide groups is 1. The van der Waals surface area contributed by atoms with Crippen LogP contribution in [-0.4, -0.2) is 65.5 Å². The largest absolute Gasteiger partial charge is 0.461 e. The lowest BCUT2D eigenvalue weighted by Crippen LogP contribution is -2.55. The number of benzene rings is 2. The van der Waals surface area contributed by atoms with Crippen LogP contribution in [0.25, 0.3) is 0 Å². The van der Waals surface area contributed by atoms with Crippen molar-refractivity contribution in [3.63, 3.8) is 0 Å². The zero-order valence-corrected chi connectivity index (χ0v) is 20.9. The highest BCUT2D eigenvalue weighted by Crippen LogP contribution is 2.33. The van der Waals surface area contributed by atoms with Crippen LogP contribution in [0.15, 0.2) is 73.3 Å². The minimum absolute atomic E-state index is 0.00447. The lowest BCUT2D eigenvalue weighted by atomic mass is 9.79. The molecule has 1 heterocycles. The fourth-order valence-corrected chi connectivity index (χ4v) is 4.04. The molecular weight excluding hydrogens is 460 g/mol. The maximum Gasteiger partial charge on any atom is 0.410 e. The van der Waals surface area contributed by atoms with Crippen molar-refractivity contribution in [2.75, 3.05) is 26.2 Å². The van der Waals surface area contributed by atoms with Crippen molar-refractivity contribution < 1.29 is 28.7 Å². The SMILES string of the molecule is C=CCOC(=O)C1(Cc2ccccc2)CN(C(=O)OC(C)(C)C)CCN(C(=O)c2ccccc2)C1=O. The maximum absolute atomic E-state index is 14.1. The Morgan fingerprint density at radius 3 is 2.19 bits per heavy atom. The second-order valence-corrected chi connectivity index (χ2v) is 9.66. The third-order valence-electron chi connectivity index (χ3n) is 5.70. The normalized spacial score (nSPS) is 18.2. The number of carbonyl (C=O) groups excluding carboxylic acids is 4. The van der Waals surface area contributed by atoms with Gasteiger partial charge in [-0.15, -0.1) is 0 Å². The Balaban J connectivity index is 2.12. The quantitative estimate of drug-likeness (QED) is 0.263. The first-order chi connectivity index (χ1) is 17.1. The van der Waals surface area contributed by atoms with Gasteiger partial charge in [0.05, 0.1) is 0 Å². The molecule has 3 amide bonds. The second kappa shape index (κ2) is 11.2. The van der Waals surface area contributed by atoms with Crippen LogP contribution in [0.5, 0.6) is 0 Å². The molecule has 0 N–H and O–H groups in total. The molecule has 2 aromatic carbocycles. The van der Waals surface area contributed by atoms with Gasteiger partial charge < -0.3 is 14.4 Å². The number of hydrogen-bond acceptors (Lipinski definition) is 6. The summed E-state index contributed by atoms with van der Waals surface area (Å²) in [7, 11) is 0. The van der Waals surface area contributed by atoms with E-state index in [0.29, 0.717) is 11.1 Å². The molecule has 1 fully saturated rings. The third-order valence-corrected chi connectivity index (χ3v) is 5.70. The van der Waals surface area contributed by atoms with Gasteiger partial charge in [-0.3, -0.25) is 19.3 Å². The number of hydrogen-bond donors (Lipinski definition) is 0. The molecule has 1 saturated heterocycles. The van der Waals surface area contributed by atoms with Crippen molar-refractivity contribution in [2.24, 2.45) is 5.41 Å². The first-order valence-electron chi connectivity index (χ1n) is 11.8. The lowest BCUT2D eigenvalue weighted by Gasteiger charge is -2.34. The summed E-state index contributed by atoms with van der Waals surface area (Å²) >= 11 is 0. The van der Waals surface area contributed by atoms with E-state index in [1.807, 2.05) is 6.07 Å². The molecule has 2 aromatic rings. The molecule has 1 aliphatic heterocycles. The number of esters is 1. The fraction of sp³-hybridized carbons (Fsp3) is 0.357. The van der Waals surface area contributed by atoms with Gasteiger partial charge in [0.25, 0.3) is 5.91 Å². The van der Waals surface area contributed by atoms with Crippen LogP contribution in [0.3, 0.4) is 0 Å². The molecule has 0 radical (unpaired) electrons. The summed E-state index contributed by atoms with van der Waals surface area (Å²) in [6, 6.07) is 17.3. The summed E-state index contributed by atoms with van der Waals surface area (Å²) in [6.07, 6.45) is 0.646. The van der Waals surface area contributed by atoms with E-state index in [0.717, 1.165) is 4.90 Å². The van der Waals surface area contributed by atoms with E-state index >= 15 is 0 Å². The predicted octanol–water partition coefficient (Wildman–Crippen LogP) is 3.86. The minimum atomic E-state index is -1.87. The Morgan fingerprint density at radius 1 is 1.00 bits per heavy atom. The van der Waals surface area contributed by atoms with Crippen LogP contribution < -0.4 is 0 Å². The molecule has 0 saturated carbocycles. The zero-order chi connectivity index (χ0) is 26.3. The van der Waals surface area contributed by atoms with E-state index in [1.165, 1.54) is 11.0 Å². The van der Waals surface area contributed by atoms with E-state index in [-0.39, 0.29) is 32.7 Å². The predicted molar refractivity (Wildman–Crippen MR) is 134 cm³/mol. The Bertz CT molecular complexity index is 1110. The van der Waals surface area contributed by atoms with Gasteiger partial charge in [-0.25, -0.2) is 4.79 Å². The van der Waals surface area contributed by atoms with Crippen LogP contribution in [0, 0.1) is 5.41 Å². The number of carbonyl (C=O) groups is 4. The Kier molecular flexibility index (Phi) is 8.29. The first-order valence-corrected chi connectivity index (χ1v) is 11.8. The second-order valence-electron chi connectivity index (χ2n) is 9.66. The zero-order valence-electron chi connectivity index (χ0n) is 20.9. The van der Waals surface area contributed by atoms with Gasteiger partial charge in [0.2, 0.25) is 5.91 Å². The van der Waals surface area contributed by atoms with Crippen molar-refractivity contribution >= 4 is 23.9 Å². The van der Waals surface area contributed by atoms with E-state index in [4.69, 9.17) is 9.47 Å². The van der Waals surface area contributed by atoms with Crippen LogP contribution in [0.4, 0.5) is 4.79 Å². The lowest BCUT2D eigenvalue weighted by molar-refractivity contribution is -0.163. The highest BCUT2D eigenvalue weighted by molar-refractivity contribution is 6.13. The third kappa shape index (κ3) is 6.19. The molecule has 0 spiro atoms. The molecule has 3 rings (SSSR count). The maximum atomic E-state index is 14.1. The van der Waals surface area contributed by atoms with Crippen molar-refractivity contribution in [1.29, 1.82) is 0 Å². The number of nitrogens with zero attached hydrogens (tertiary/aromatic N) is 2. The van der Waals surface area contributed by atoms with Crippen LogP contribution in [0.2, 0.25) is 0 Å². The van der Waals surface area contributed by atoms with Crippen molar-refractivity contribution in [1.82, 2.24) is 9.80 Å². The smallest absolute Gasteiger partial charge is 0.410 e. The number of amides is 3. The number of rotatable bonds is 6. The molecule has 1 aliphatic rings. The van der Waals surface area contributed by atoms with Crippen molar-refractivity contribution in [3.05, 3.63) is 84.4 Å². The molecule has 36 heavy (non-hydrogen) atoms. The molecule has 1 unspecified atom stereocenters. The van der Waals surface area contributed by atoms with Gasteiger partial charge in [0, 0.05) is 25.2 Å². The van der Waals surface area contributed by atoms with Crippen molar-refractivity contribution in [2.45, 2.75) is 32.8 Å². The summed E-state index contributed by atoms with van der Waals surface area (Å²) in [5, 5.41) is 0. The Labute approximate surface area is 211 Å². The van der Waals surface area contributed by atoms with E-state index < -0.39 is 34.9 Å². The summed E-state index contributed by atoms with van der Waals surface area (Å²) in [5.41, 5.74) is -1.69. The molecule has 0 bridgehead atoms. The van der Waals surface area contributed by atoms with Gasteiger partial charge in [-0.1, -0.05) is 61.2 Å². The standard InChI is InChI=1S/C28H32N2O6/c1-5-18-35-25(33)28(19-21-12-8-6-9-13-21)20-29(26(34)36-27(2,3)4)16-17-30(24(28)32)23(31)22-14-10-7-11-15-22/h5-15H,1,16-20H2,2-4H3. The summed E-state index contributed by atoms with van der Waals surface area (Å²) in [6.45, 7) is 8.25. The van der Waals surface area contributed by atoms with E-state index in [2.05, 4.69) is 6.58 Å². The number of ether oxygens (including phenoxy) is 2. The van der Waals surface area contributed by atoms with Gasteiger partial charge in [0.1, 0.15) is 12.2 Å². The Morgan fingerprint density at radius 2 is 1.61 bits per heavy atom. The van der Waals surface area contributed by atoms with Crippen LogP contribution in [-0.2, 0) is 25.5 Å². The highest BCUT2D eigenvalue weighted by atomic mass is 16.6. The molecular formula is C28H32N2O6. The van der Waals surface area contributed by atoms with E-state index in [1.54, 1.807) is 75.4 Å². The van der Waals surface area contributed by atoms with Crippen LogP contribution >= 0.6 is 0 Å². The van der Waals surface area contributed by atoms with Gasteiger partial charge in [-0.2, -0.15) is 0 Å². The molecule has 0 aliphatic carbocycles. The van der Waals surface area contributed by atoms with Gasteiger partial charge in [-0.05, 0) is 44.9 Å². The minimum Gasteiger partial charge on any atom is -0.461 e. The molecule has 0 aromatic heterocycles. The van der Waals surface area contributed by atoms with Crippen molar-refractivity contribution in [3.8, 4) is 0 Å². The van der Waals surface area contributed by atoms with Gasteiger partial charge >= 0.3 is 12.1 Å². The fourth-order valence-electron chi connectivity index (χ4n) is 4.04. The molecule has 190 valence electrons. The molecule has 8 nitrogen and oxygen atoms in total. The average Bonchev–Trinajstić information content (AvgIpc) is 2.99. The molecule has 8 heteroatoms. The summed E-state index contributed by atoms with van der Waals surface area (Å²) in [5.74, 6) is -2.11. The summed E-state index contributed by atoms with van der Waals surface area (Å²) < 4.78 is 11.0. The van der Waals surface area contributed by atoms with Gasteiger partial charge in [0.15, 0.2) is 5.41 Å². The highest BCUT2D eigenvalue weighted by Gasteiger charge is 2.54. The summed E-state index contributed by atoms with van der Waals surface area (Å²) in [4.78, 5) is 56.7. The monoisotopic (exact) mass is 492 g/mol. The Hall–Kier alpha value is -3.94. The first kappa shape index (κ1) is 26.7. The average molecular weight is 493 g/mol. The van der Waals surface area contributed by atoms with Crippen LogP contribution in [0.1, 0.15) is 36.7 Å². The topological polar surface area (TPSA) is 93.2 Å².